The largest absolute Gasteiger partial charge is 0.444 e. The van der Waals surface area contributed by atoms with E-state index in [-0.39, 0.29) is 10.9 Å². The molecule has 14 heteroatoms. The van der Waals surface area contributed by atoms with Crippen LogP contribution in [-0.2, 0) is 25.5 Å². The van der Waals surface area contributed by atoms with Crippen molar-refractivity contribution in [1.29, 1.82) is 0 Å². The molecule has 3 atom stereocenters. The van der Waals surface area contributed by atoms with Gasteiger partial charge in [0.25, 0.3) is 5.92 Å². The van der Waals surface area contributed by atoms with Crippen LogP contribution < -0.4 is 14.8 Å². The Balaban J connectivity index is 1.43. The Morgan fingerprint density at radius 2 is 1.63 bits per heavy atom. The number of aliphatic imine (C=N–C) groups is 1. The zero-order chi connectivity index (χ0) is 35.7. The molecule has 3 unspecified atom stereocenters. The Morgan fingerprint density at radius 3 is 2.24 bits per heavy atom. The number of alkyl halides is 2. The maximum atomic E-state index is 16.4. The molecule has 3 aromatic carbocycles. The lowest BCUT2D eigenvalue weighted by Crippen LogP contribution is -2.61. The van der Waals surface area contributed by atoms with Gasteiger partial charge >= 0.3 is 6.09 Å². The molecule has 2 aliphatic heterocycles. The molecule has 3 aromatic rings. The second kappa shape index (κ2) is 14.2. The van der Waals surface area contributed by atoms with Gasteiger partial charge in [0, 0.05) is 41.3 Å². The number of hydrogen-bond donors (Lipinski definition) is 2. The summed E-state index contributed by atoms with van der Waals surface area (Å²) >= 11 is 3.24. The average Bonchev–Trinajstić information content (AvgIpc) is 3.28. The summed E-state index contributed by atoms with van der Waals surface area (Å²) in [6.07, 6.45) is 2.44. The molecule has 0 aliphatic carbocycles. The zero-order valence-corrected chi connectivity index (χ0v) is 30.0. The second-order valence-corrected chi connectivity index (χ2v) is 15.9. The van der Waals surface area contributed by atoms with Crippen LogP contribution in [0.15, 0.2) is 87.8 Å². The van der Waals surface area contributed by atoms with E-state index in [9.17, 15) is 18.0 Å². The minimum absolute atomic E-state index is 0.286. The third kappa shape index (κ3) is 8.47. The van der Waals surface area contributed by atoms with Crippen LogP contribution in [0, 0.1) is 0 Å². The molecular weight excluding hydrogens is 722 g/mol. The van der Waals surface area contributed by atoms with Gasteiger partial charge in [0.05, 0.1) is 4.90 Å². The summed E-state index contributed by atoms with van der Waals surface area (Å²) in [6.45, 7) is 10.4. The van der Waals surface area contributed by atoms with Gasteiger partial charge < -0.3 is 19.7 Å². The number of amides is 2. The van der Waals surface area contributed by atoms with Crippen molar-refractivity contribution >= 4 is 54.6 Å². The predicted octanol–water partition coefficient (Wildman–Crippen LogP) is 7.03. The third-order valence-electron chi connectivity index (χ3n) is 8.45. The number of rotatable bonds is 9. The SMILES string of the molecule is C=C/N=C(\C)Oc1ccc2cc(S(=O)(=O)NC(C(=O)N3C4CCC3CC(NC(=O)OC(C)(C)C)C4)C(F)(F)c3ccc(Br)cc3)ccc2c1. The normalized spacial score (nSPS) is 20.5. The van der Waals surface area contributed by atoms with Gasteiger partial charge in [-0.15, -0.1) is 0 Å². The summed E-state index contributed by atoms with van der Waals surface area (Å²) < 4.78 is 74.2. The standard InChI is InChI=1S/C35H39BrF2N4O6S/c1-6-39-21(2)47-29-15-7-23-18-30(16-8-22(23)17-29)49(45,46)41-31(35(37,38)24-9-11-25(36)12-10-24)32(43)42-27-13-14-28(42)20-26(19-27)40-33(44)48-34(3,4)5/h6-12,15-18,26-28,31,41H,1,13-14,19-20H2,2-5H3,(H,40,44)/b39-21+. The molecular formula is C35H39BrF2N4O6S. The van der Waals surface area contributed by atoms with Crippen molar-refractivity contribution in [3.63, 3.8) is 0 Å². The van der Waals surface area contributed by atoms with Crippen LogP contribution >= 0.6 is 15.9 Å². The lowest BCUT2D eigenvalue weighted by atomic mass is 9.94. The van der Waals surface area contributed by atoms with Gasteiger partial charge in [-0.2, -0.15) is 13.5 Å². The van der Waals surface area contributed by atoms with Crippen molar-refractivity contribution in [1.82, 2.24) is 14.9 Å². The molecule has 2 heterocycles. The van der Waals surface area contributed by atoms with E-state index in [0.717, 1.165) is 12.1 Å². The van der Waals surface area contributed by atoms with Crippen LogP contribution in [0.2, 0.25) is 0 Å². The first kappa shape index (κ1) is 36.4. The molecule has 2 saturated heterocycles. The Morgan fingerprint density at radius 1 is 1.02 bits per heavy atom. The highest BCUT2D eigenvalue weighted by molar-refractivity contribution is 9.10. The van der Waals surface area contributed by atoms with Crippen LogP contribution in [0.25, 0.3) is 10.8 Å². The molecule has 2 aliphatic rings. The number of benzene rings is 3. The van der Waals surface area contributed by atoms with Crippen LogP contribution in [0.1, 0.15) is 58.9 Å². The fraction of sp³-hybridized carbons (Fsp3) is 0.400. The summed E-state index contributed by atoms with van der Waals surface area (Å²) in [5.41, 5.74) is -1.22. The van der Waals surface area contributed by atoms with Crippen molar-refractivity contribution < 1.29 is 36.3 Å². The molecule has 10 nitrogen and oxygen atoms in total. The maximum absolute atomic E-state index is 16.4. The molecule has 49 heavy (non-hydrogen) atoms. The Kier molecular flexibility index (Phi) is 10.5. The first-order valence-corrected chi connectivity index (χ1v) is 18.1. The smallest absolute Gasteiger partial charge is 0.407 e. The number of alkyl carbamates (subject to hydrolysis) is 1. The maximum Gasteiger partial charge on any atom is 0.407 e. The highest BCUT2D eigenvalue weighted by Gasteiger charge is 2.54. The van der Waals surface area contributed by atoms with Gasteiger partial charge in [0.1, 0.15) is 11.4 Å². The highest BCUT2D eigenvalue weighted by atomic mass is 79.9. The number of hydrogen-bond acceptors (Lipinski definition) is 7. The number of ether oxygens (including phenoxy) is 2. The number of sulfonamides is 1. The van der Waals surface area contributed by atoms with E-state index in [2.05, 4.69) is 37.5 Å². The molecule has 5 rings (SSSR count). The molecule has 2 amide bonds. The molecule has 262 valence electrons. The number of halogens is 3. The van der Waals surface area contributed by atoms with Gasteiger partial charge in [0.15, 0.2) is 11.9 Å². The topological polar surface area (TPSA) is 126 Å². The molecule has 0 spiro atoms. The third-order valence-corrected chi connectivity index (χ3v) is 10.4. The minimum atomic E-state index is -4.65. The van der Waals surface area contributed by atoms with E-state index in [0.29, 0.717) is 52.6 Å². The Bertz CT molecular complexity index is 1870. The van der Waals surface area contributed by atoms with Gasteiger partial charge in [-0.3, -0.25) is 4.79 Å². The summed E-state index contributed by atoms with van der Waals surface area (Å²) in [7, 11) is -4.65. The second-order valence-electron chi connectivity index (χ2n) is 13.2. The van der Waals surface area contributed by atoms with Crippen LogP contribution in [0.3, 0.4) is 0 Å². The van der Waals surface area contributed by atoms with E-state index in [4.69, 9.17) is 9.47 Å². The van der Waals surface area contributed by atoms with Gasteiger partial charge in [-0.1, -0.05) is 46.8 Å². The number of piperidine rings is 1. The number of carbonyl (C=O) groups excluding carboxylic acids is 2. The number of nitrogens with zero attached hydrogens (tertiary/aromatic N) is 2. The fourth-order valence-electron chi connectivity index (χ4n) is 6.38. The predicted molar refractivity (Wildman–Crippen MR) is 186 cm³/mol. The van der Waals surface area contributed by atoms with E-state index >= 15 is 8.78 Å². The Labute approximate surface area is 293 Å². The fourth-order valence-corrected chi connectivity index (χ4v) is 7.87. The van der Waals surface area contributed by atoms with E-state index < -0.39 is 57.2 Å². The van der Waals surface area contributed by atoms with Gasteiger partial charge in [-0.05, 0) is 93.6 Å². The lowest BCUT2D eigenvalue weighted by molar-refractivity contribution is -0.149. The summed E-state index contributed by atoms with van der Waals surface area (Å²) in [5.74, 6) is -4.14. The van der Waals surface area contributed by atoms with Gasteiger partial charge in [0.2, 0.25) is 15.9 Å². The highest BCUT2D eigenvalue weighted by Crippen LogP contribution is 2.40. The van der Waals surface area contributed by atoms with Crippen LogP contribution in [0.5, 0.6) is 5.75 Å². The van der Waals surface area contributed by atoms with Crippen molar-refractivity contribution in [2.24, 2.45) is 4.99 Å². The average molecular weight is 762 g/mol. The van der Waals surface area contributed by atoms with Crippen LogP contribution in [0.4, 0.5) is 13.6 Å². The van der Waals surface area contributed by atoms with Crippen molar-refractivity contribution in [3.8, 4) is 5.75 Å². The Hall–Kier alpha value is -3.88. The molecule has 2 N–H and O–H groups in total. The summed E-state index contributed by atoms with van der Waals surface area (Å²) in [5, 5.41) is 3.98. The zero-order valence-electron chi connectivity index (χ0n) is 27.6. The molecule has 2 fully saturated rings. The quantitative estimate of drug-likeness (QED) is 0.178. The summed E-state index contributed by atoms with van der Waals surface area (Å²) in [6, 6.07) is 10.5. The molecule has 0 radical (unpaired) electrons. The van der Waals surface area contributed by atoms with Crippen LogP contribution in [-0.4, -0.2) is 61.0 Å². The minimum Gasteiger partial charge on any atom is -0.444 e. The molecule has 0 saturated carbocycles. The number of carbonyl (C=O) groups is 2. The summed E-state index contributed by atoms with van der Waals surface area (Å²) in [4.78, 5) is 31.7. The number of fused-ring (bicyclic) bond motifs is 3. The van der Waals surface area contributed by atoms with Crippen molar-refractivity contribution in [3.05, 3.63) is 83.5 Å². The van der Waals surface area contributed by atoms with Crippen molar-refractivity contribution in [2.75, 3.05) is 0 Å². The number of nitrogens with one attached hydrogen (secondary N) is 2. The lowest BCUT2D eigenvalue weighted by Gasteiger charge is -2.42. The van der Waals surface area contributed by atoms with E-state index in [1.54, 1.807) is 45.9 Å². The van der Waals surface area contributed by atoms with E-state index in [1.807, 2.05) is 0 Å². The molecule has 0 aromatic heterocycles. The monoisotopic (exact) mass is 760 g/mol. The van der Waals surface area contributed by atoms with Gasteiger partial charge in [-0.25, -0.2) is 18.2 Å². The van der Waals surface area contributed by atoms with E-state index in [1.165, 1.54) is 41.4 Å². The molecule has 2 bridgehead atoms. The first-order valence-electron chi connectivity index (χ1n) is 15.8. The first-order chi connectivity index (χ1) is 23.0. The van der Waals surface area contributed by atoms with Crippen molar-refractivity contribution in [2.45, 2.75) is 94.0 Å².